The van der Waals surface area contributed by atoms with E-state index in [-0.39, 0.29) is 48.0 Å². The van der Waals surface area contributed by atoms with Gasteiger partial charge in [-0.05, 0) is 67.2 Å². The third-order valence-electron chi connectivity index (χ3n) is 6.04. The van der Waals surface area contributed by atoms with Gasteiger partial charge in [0, 0.05) is 0 Å². The minimum Gasteiger partial charge on any atom is -1.00 e. The summed E-state index contributed by atoms with van der Waals surface area (Å²) in [6.07, 6.45) is 5.69. The van der Waals surface area contributed by atoms with Crippen LogP contribution >= 0.6 is 0 Å². The molecule has 0 radical (unpaired) electrons. The van der Waals surface area contributed by atoms with Gasteiger partial charge in [-0.25, -0.2) is 0 Å². The van der Waals surface area contributed by atoms with Crippen LogP contribution < -0.4 is 48.0 Å². The first-order chi connectivity index (χ1) is 9.57. The van der Waals surface area contributed by atoms with Crippen molar-refractivity contribution in [3.63, 3.8) is 0 Å². The zero-order valence-electron chi connectivity index (χ0n) is 16.1. The summed E-state index contributed by atoms with van der Waals surface area (Å²) < 4.78 is 2.64. The second kappa shape index (κ2) is 15.9. The molecule has 0 bridgehead atoms. The van der Waals surface area contributed by atoms with Gasteiger partial charge in [0.1, 0.15) is 0 Å². The number of hydrogen-bond acceptors (Lipinski definition) is 0. The van der Waals surface area contributed by atoms with E-state index in [0.717, 1.165) is 0 Å². The van der Waals surface area contributed by atoms with Gasteiger partial charge in [0.05, 0.1) is 52.4 Å². The van der Waals surface area contributed by atoms with Gasteiger partial charge < -0.3 is 56.9 Å². The van der Waals surface area contributed by atoms with Crippen LogP contribution in [0.5, 0.6) is 0 Å². The molecule has 0 rings (SSSR count). The zero-order chi connectivity index (χ0) is 15.5. The predicted octanol–water partition coefficient (Wildman–Crippen LogP) is -1.69. The molecule has 0 fully saturated rings. The molecule has 0 atom stereocenters. The lowest BCUT2D eigenvalue weighted by Crippen LogP contribution is -3.00. The van der Waals surface area contributed by atoms with Crippen molar-refractivity contribution in [1.29, 1.82) is 0 Å². The topological polar surface area (TPSA) is 0 Å². The Labute approximate surface area is 175 Å². The Morgan fingerprint density at radius 1 is 0.409 bits per heavy atom. The summed E-state index contributed by atoms with van der Waals surface area (Å²) in [4.78, 5) is 0. The molecular weight excluding hydrogens is 498 g/mol. The molecule has 0 unspecified atom stereocenters. The third-order valence-corrected chi connectivity index (χ3v) is 6.04. The smallest absolute Gasteiger partial charge is 0.0786 e. The number of quaternary nitrogens is 2. The fourth-order valence-corrected chi connectivity index (χ4v) is 3.54. The fourth-order valence-electron chi connectivity index (χ4n) is 3.54. The van der Waals surface area contributed by atoms with Crippen molar-refractivity contribution >= 4 is 0 Å². The Bertz CT molecular complexity index is 187. The van der Waals surface area contributed by atoms with E-state index in [1.807, 2.05) is 0 Å². The van der Waals surface area contributed by atoms with E-state index >= 15 is 0 Å². The predicted molar refractivity (Wildman–Crippen MR) is 92.0 cm³/mol. The van der Waals surface area contributed by atoms with Crippen LogP contribution in [0, 0.1) is 0 Å². The first kappa shape index (κ1) is 28.2. The summed E-state index contributed by atoms with van der Waals surface area (Å²) in [6, 6.07) is 0. The van der Waals surface area contributed by atoms with E-state index in [2.05, 4.69) is 41.5 Å². The maximum atomic E-state index is 2.35. The molecule has 0 aromatic carbocycles. The largest absolute Gasteiger partial charge is 1.00 e. The van der Waals surface area contributed by atoms with Gasteiger partial charge >= 0.3 is 0 Å². The minimum atomic E-state index is 0. The highest BCUT2D eigenvalue weighted by atomic mass is 127. The minimum absolute atomic E-state index is 0. The first-order valence-corrected chi connectivity index (χ1v) is 9.27. The first-order valence-electron chi connectivity index (χ1n) is 9.27. The van der Waals surface area contributed by atoms with Gasteiger partial charge in [-0.2, -0.15) is 0 Å². The summed E-state index contributed by atoms with van der Waals surface area (Å²) in [5, 5.41) is 0. The average molecular weight is 540 g/mol. The van der Waals surface area contributed by atoms with E-state index in [0.29, 0.717) is 0 Å². The summed E-state index contributed by atoms with van der Waals surface area (Å²) in [7, 11) is 0. The standard InChI is InChI=1S/C18H42N2.2HI/c1-7-19(8-2,9-3)17-15-13-14-16-18-20(10-4,11-5)12-6;;/h7-18H2,1-6H3;2*1H/q+2;;/p-2. The molecule has 0 aliphatic carbocycles. The van der Waals surface area contributed by atoms with Crippen LogP contribution in [0.25, 0.3) is 0 Å². The monoisotopic (exact) mass is 540 g/mol. The average Bonchev–Trinajstić information content (AvgIpc) is 2.52. The van der Waals surface area contributed by atoms with E-state index < -0.39 is 0 Å². The fraction of sp³-hybridized carbons (Fsp3) is 1.00. The van der Waals surface area contributed by atoms with Gasteiger partial charge in [0.2, 0.25) is 0 Å². The molecular formula is C18H42I2N2. The Kier molecular flexibility index (Phi) is 20.4. The maximum Gasteiger partial charge on any atom is 0.0786 e. The second-order valence-electron chi connectivity index (χ2n) is 6.44. The summed E-state index contributed by atoms with van der Waals surface area (Å²) in [5.74, 6) is 0. The van der Waals surface area contributed by atoms with E-state index in [1.54, 1.807) is 0 Å². The van der Waals surface area contributed by atoms with Crippen LogP contribution in [-0.4, -0.2) is 61.3 Å². The molecule has 0 aromatic rings. The van der Waals surface area contributed by atoms with Crippen LogP contribution in [0.4, 0.5) is 0 Å². The molecule has 0 aliphatic heterocycles. The van der Waals surface area contributed by atoms with E-state index in [9.17, 15) is 0 Å². The maximum absolute atomic E-state index is 2.35. The van der Waals surface area contributed by atoms with Gasteiger partial charge in [0.25, 0.3) is 0 Å². The van der Waals surface area contributed by atoms with Crippen LogP contribution in [0.1, 0.15) is 67.2 Å². The van der Waals surface area contributed by atoms with Crippen LogP contribution in [0.3, 0.4) is 0 Å². The van der Waals surface area contributed by atoms with Gasteiger partial charge in [-0.1, -0.05) is 0 Å². The summed E-state index contributed by atoms with van der Waals surface area (Å²) in [5.41, 5.74) is 0. The quantitative estimate of drug-likeness (QED) is 0.149. The molecule has 4 heteroatoms. The van der Waals surface area contributed by atoms with Gasteiger partial charge in [-0.3, -0.25) is 0 Å². The molecule has 0 aliphatic rings. The Morgan fingerprint density at radius 3 is 0.818 bits per heavy atom. The van der Waals surface area contributed by atoms with E-state index in [1.165, 1.54) is 87.0 Å². The van der Waals surface area contributed by atoms with Crippen molar-refractivity contribution in [3.8, 4) is 0 Å². The lowest BCUT2D eigenvalue weighted by Gasteiger charge is -2.36. The Balaban J connectivity index is -0.00000180. The molecule has 0 saturated carbocycles. The summed E-state index contributed by atoms with van der Waals surface area (Å²) in [6.45, 7) is 24.7. The Hall–Kier alpha value is 1.38. The molecule has 0 heterocycles. The molecule has 2 nitrogen and oxygen atoms in total. The number of unbranched alkanes of at least 4 members (excludes halogenated alkanes) is 3. The van der Waals surface area contributed by atoms with Crippen molar-refractivity contribution in [3.05, 3.63) is 0 Å². The molecule has 0 aromatic heterocycles. The number of hydrogen-bond donors (Lipinski definition) is 0. The highest BCUT2D eigenvalue weighted by molar-refractivity contribution is 4.47. The highest BCUT2D eigenvalue weighted by Gasteiger charge is 2.21. The lowest BCUT2D eigenvalue weighted by molar-refractivity contribution is -0.924. The van der Waals surface area contributed by atoms with Crippen LogP contribution in [-0.2, 0) is 0 Å². The van der Waals surface area contributed by atoms with Crippen LogP contribution in [0.15, 0.2) is 0 Å². The van der Waals surface area contributed by atoms with Crippen molar-refractivity contribution in [2.45, 2.75) is 67.2 Å². The van der Waals surface area contributed by atoms with Crippen molar-refractivity contribution in [2.75, 3.05) is 52.4 Å². The lowest BCUT2D eigenvalue weighted by atomic mass is 10.1. The molecule has 0 N–H and O–H groups in total. The highest BCUT2D eigenvalue weighted by Crippen LogP contribution is 2.13. The molecule has 138 valence electrons. The Morgan fingerprint density at radius 2 is 0.636 bits per heavy atom. The summed E-state index contributed by atoms with van der Waals surface area (Å²) >= 11 is 0. The van der Waals surface area contributed by atoms with Crippen LogP contribution in [0.2, 0.25) is 0 Å². The number of nitrogens with zero attached hydrogens (tertiary/aromatic N) is 2. The second-order valence-corrected chi connectivity index (χ2v) is 6.44. The molecule has 22 heavy (non-hydrogen) atoms. The van der Waals surface area contributed by atoms with Crippen molar-refractivity contribution in [2.24, 2.45) is 0 Å². The number of rotatable bonds is 13. The zero-order valence-corrected chi connectivity index (χ0v) is 20.5. The molecule has 0 spiro atoms. The van der Waals surface area contributed by atoms with Gasteiger partial charge in [-0.15, -0.1) is 0 Å². The molecule has 0 amide bonds. The molecule has 0 saturated heterocycles. The van der Waals surface area contributed by atoms with Crippen molar-refractivity contribution in [1.82, 2.24) is 0 Å². The van der Waals surface area contributed by atoms with Gasteiger partial charge in [0.15, 0.2) is 0 Å². The van der Waals surface area contributed by atoms with E-state index in [4.69, 9.17) is 0 Å². The third kappa shape index (κ3) is 9.62. The van der Waals surface area contributed by atoms with Crippen molar-refractivity contribution < 1.29 is 56.9 Å². The SMILES string of the molecule is CC[N+](CC)(CC)CCCCCC[N+](CC)(CC)CC.[I-].[I-]. The number of halogens is 2. The normalized spacial score (nSPS) is 11.7.